The van der Waals surface area contributed by atoms with Crippen molar-refractivity contribution in [2.45, 2.75) is 6.42 Å². The molecule has 0 saturated carbocycles. The lowest BCUT2D eigenvalue weighted by molar-refractivity contribution is -0.117. The minimum absolute atomic E-state index is 0.0291. The molecular formula is C9H9Cl2N3O2. The van der Waals surface area contributed by atoms with E-state index in [1.165, 1.54) is 11.2 Å². The maximum absolute atomic E-state index is 11.7. The van der Waals surface area contributed by atoms with Crippen molar-refractivity contribution in [1.29, 1.82) is 0 Å². The van der Waals surface area contributed by atoms with Gasteiger partial charge < -0.3 is 5.11 Å². The van der Waals surface area contributed by atoms with E-state index in [2.05, 4.69) is 9.97 Å². The molecule has 5 nitrogen and oxygen atoms in total. The van der Waals surface area contributed by atoms with Gasteiger partial charge >= 0.3 is 0 Å². The summed E-state index contributed by atoms with van der Waals surface area (Å²) in [4.78, 5) is 20.7. The monoisotopic (exact) mass is 261 g/mol. The lowest BCUT2D eigenvalue weighted by Crippen LogP contribution is -2.26. The molecule has 1 aromatic heterocycles. The Morgan fingerprint density at radius 3 is 2.88 bits per heavy atom. The second kappa shape index (κ2) is 4.53. The van der Waals surface area contributed by atoms with Crippen LogP contribution in [0.2, 0.25) is 10.2 Å². The molecule has 1 aliphatic rings. The van der Waals surface area contributed by atoms with E-state index in [0.717, 1.165) is 0 Å². The highest BCUT2D eigenvalue weighted by Crippen LogP contribution is 2.32. The van der Waals surface area contributed by atoms with Crippen LogP contribution in [0, 0.1) is 5.92 Å². The number of anilines is 1. The van der Waals surface area contributed by atoms with Gasteiger partial charge in [0.25, 0.3) is 0 Å². The summed E-state index contributed by atoms with van der Waals surface area (Å²) in [5.74, 6) is 0.121. The van der Waals surface area contributed by atoms with Gasteiger partial charge in [0.15, 0.2) is 11.0 Å². The van der Waals surface area contributed by atoms with E-state index in [4.69, 9.17) is 28.3 Å². The average Bonchev–Trinajstić information content (AvgIpc) is 2.64. The Labute approximate surface area is 102 Å². The maximum Gasteiger partial charge on any atom is 0.228 e. The molecule has 1 fully saturated rings. The number of hydrogen-bond acceptors (Lipinski definition) is 4. The van der Waals surface area contributed by atoms with Gasteiger partial charge in [-0.15, -0.1) is 0 Å². The average molecular weight is 262 g/mol. The second-order valence-corrected chi connectivity index (χ2v) is 4.30. The Kier molecular flexibility index (Phi) is 3.28. The van der Waals surface area contributed by atoms with Crippen molar-refractivity contribution in [1.82, 2.24) is 9.97 Å². The van der Waals surface area contributed by atoms with Crippen LogP contribution < -0.4 is 4.90 Å². The lowest BCUT2D eigenvalue weighted by atomic mass is 10.1. The summed E-state index contributed by atoms with van der Waals surface area (Å²) >= 11 is 11.7. The Morgan fingerprint density at radius 2 is 2.25 bits per heavy atom. The first-order valence-corrected chi connectivity index (χ1v) is 5.46. The summed E-state index contributed by atoms with van der Waals surface area (Å²) in [5.41, 5.74) is 0. The van der Waals surface area contributed by atoms with E-state index in [1.54, 1.807) is 0 Å². The summed E-state index contributed by atoms with van der Waals surface area (Å²) < 4.78 is 0. The molecule has 2 rings (SSSR count). The number of hydrogen-bond donors (Lipinski definition) is 1. The molecule has 1 saturated heterocycles. The van der Waals surface area contributed by atoms with Crippen molar-refractivity contribution in [2.75, 3.05) is 18.1 Å². The molecule has 86 valence electrons. The van der Waals surface area contributed by atoms with E-state index < -0.39 is 0 Å². The minimum Gasteiger partial charge on any atom is -0.396 e. The molecule has 1 unspecified atom stereocenters. The van der Waals surface area contributed by atoms with Crippen molar-refractivity contribution >= 4 is 34.9 Å². The van der Waals surface area contributed by atoms with Crippen molar-refractivity contribution in [2.24, 2.45) is 5.92 Å². The molecule has 0 aromatic carbocycles. The molecule has 0 radical (unpaired) electrons. The van der Waals surface area contributed by atoms with Crippen LogP contribution in [-0.2, 0) is 4.79 Å². The highest BCUT2D eigenvalue weighted by molar-refractivity contribution is 6.43. The number of aromatic nitrogens is 2. The molecule has 7 heteroatoms. The van der Waals surface area contributed by atoms with Gasteiger partial charge in [0.2, 0.25) is 5.91 Å². The molecular weight excluding hydrogens is 253 g/mol. The first-order chi connectivity index (χ1) is 7.63. The predicted octanol–water partition coefficient (Wildman–Crippen LogP) is 1.13. The molecule has 2 heterocycles. The van der Waals surface area contributed by atoms with Crippen LogP contribution in [0.1, 0.15) is 6.42 Å². The fourth-order valence-corrected chi connectivity index (χ4v) is 1.96. The summed E-state index contributed by atoms with van der Waals surface area (Å²) in [6, 6.07) is 0. The van der Waals surface area contributed by atoms with Crippen molar-refractivity contribution in [3.8, 4) is 0 Å². The van der Waals surface area contributed by atoms with Crippen LogP contribution in [0.3, 0.4) is 0 Å². The number of aliphatic hydroxyl groups excluding tert-OH is 1. The van der Waals surface area contributed by atoms with Crippen molar-refractivity contribution in [3.63, 3.8) is 0 Å². The van der Waals surface area contributed by atoms with Crippen molar-refractivity contribution < 1.29 is 9.90 Å². The predicted molar refractivity (Wildman–Crippen MR) is 59.6 cm³/mol. The smallest absolute Gasteiger partial charge is 0.228 e. The molecule has 1 atom stereocenters. The third-order valence-electron chi connectivity index (χ3n) is 2.45. The van der Waals surface area contributed by atoms with E-state index in [1.807, 2.05) is 0 Å². The molecule has 16 heavy (non-hydrogen) atoms. The number of aliphatic hydroxyl groups is 1. The van der Waals surface area contributed by atoms with Gasteiger partial charge in [0.05, 0.1) is 0 Å². The first kappa shape index (κ1) is 11.6. The molecule has 1 N–H and O–H groups in total. The Hall–Kier alpha value is -0.910. The van der Waals surface area contributed by atoms with Gasteiger partial charge in [-0.2, -0.15) is 0 Å². The van der Waals surface area contributed by atoms with Gasteiger partial charge in [-0.1, -0.05) is 23.2 Å². The number of rotatable bonds is 2. The maximum atomic E-state index is 11.7. The fraction of sp³-hybridized carbons (Fsp3) is 0.444. The molecule has 1 aliphatic heterocycles. The summed E-state index contributed by atoms with van der Waals surface area (Å²) in [6.07, 6.45) is 1.55. The second-order valence-electron chi connectivity index (χ2n) is 3.56. The highest BCUT2D eigenvalue weighted by Gasteiger charge is 2.32. The zero-order valence-electron chi connectivity index (χ0n) is 8.23. The van der Waals surface area contributed by atoms with Crippen LogP contribution in [0.4, 0.5) is 5.82 Å². The first-order valence-electron chi connectivity index (χ1n) is 4.70. The third-order valence-corrected chi connectivity index (χ3v) is 3.18. The summed E-state index contributed by atoms with van der Waals surface area (Å²) in [5, 5.41) is 9.28. The lowest BCUT2D eigenvalue weighted by Gasteiger charge is -2.16. The van der Waals surface area contributed by atoms with Crippen LogP contribution in [-0.4, -0.2) is 34.1 Å². The number of carbonyl (C=O) groups excluding carboxylic acids is 1. The molecule has 1 amide bonds. The number of halogens is 2. The van der Waals surface area contributed by atoms with Crippen LogP contribution in [0.25, 0.3) is 0 Å². The Balaban J connectivity index is 2.31. The Bertz CT molecular complexity index is 427. The van der Waals surface area contributed by atoms with Gasteiger partial charge in [-0.3, -0.25) is 9.69 Å². The minimum atomic E-state index is -0.115. The van der Waals surface area contributed by atoms with E-state index in [-0.39, 0.29) is 28.6 Å². The summed E-state index contributed by atoms with van der Waals surface area (Å²) in [6.45, 7) is 0.376. The summed E-state index contributed by atoms with van der Waals surface area (Å²) in [7, 11) is 0. The highest BCUT2D eigenvalue weighted by atomic mass is 35.5. The van der Waals surface area contributed by atoms with Crippen LogP contribution >= 0.6 is 23.2 Å². The standard InChI is InChI=1S/C9H9Cl2N3O2/c10-7-8(11)12-4-13-9(7)14-2-5(3-15)1-6(14)16/h4-5,15H,1-3H2. The molecule has 0 bridgehead atoms. The van der Waals surface area contributed by atoms with Crippen LogP contribution in [0.15, 0.2) is 6.33 Å². The largest absolute Gasteiger partial charge is 0.396 e. The van der Waals surface area contributed by atoms with Gasteiger partial charge in [-0.05, 0) is 0 Å². The van der Waals surface area contributed by atoms with Gasteiger partial charge in [0, 0.05) is 25.5 Å². The molecule has 0 spiro atoms. The number of carbonyl (C=O) groups is 1. The van der Waals surface area contributed by atoms with Gasteiger partial charge in [-0.25, -0.2) is 9.97 Å². The van der Waals surface area contributed by atoms with Gasteiger partial charge in [0.1, 0.15) is 11.3 Å². The normalized spacial score (nSPS) is 20.6. The topological polar surface area (TPSA) is 66.3 Å². The molecule has 0 aliphatic carbocycles. The quantitative estimate of drug-likeness (QED) is 0.811. The van der Waals surface area contributed by atoms with E-state index in [9.17, 15) is 4.79 Å². The number of nitrogens with zero attached hydrogens (tertiary/aromatic N) is 3. The zero-order valence-corrected chi connectivity index (χ0v) is 9.74. The zero-order chi connectivity index (χ0) is 11.7. The van der Waals surface area contributed by atoms with E-state index >= 15 is 0 Å². The van der Waals surface area contributed by atoms with Crippen LogP contribution in [0.5, 0.6) is 0 Å². The van der Waals surface area contributed by atoms with Crippen molar-refractivity contribution in [3.05, 3.63) is 16.5 Å². The molecule has 1 aromatic rings. The number of amides is 1. The SMILES string of the molecule is O=C1CC(CO)CN1c1ncnc(Cl)c1Cl. The fourth-order valence-electron chi connectivity index (χ4n) is 1.64. The third kappa shape index (κ3) is 1.98. The van der Waals surface area contributed by atoms with E-state index in [0.29, 0.717) is 18.8 Å². The Morgan fingerprint density at radius 1 is 1.50 bits per heavy atom.